The smallest absolute Gasteiger partial charge is 0.419 e. The van der Waals surface area contributed by atoms with Crippen LogP contribution in [0.5, 0.6) is 5.75 Å². The summed E-state index contributed by atoms with van der Waals surface area (Å²) in [5.41, 5.74) is -1.69. The topological polar surface area (TPSA) is 57.9 Å². The SMILES string of the molecule is CNC1CCC(Oc2cnc(C#N)c(C(F)(F)F)c2C)CC1. The summed E-state index contributed by atoms with van der Waals surface area (Å²) >= 11 is 0. The lowest BCUT2D eigenvalue weighted by atomic mass is 9.93. The van der Waals surface area contributed by atoms with Crippen LogP contribution >= 0.6 is 0 Å². The summed E-state index contributed by atoms with van der Waals surface area (Å²) in [5, 5.41) is 12.0. The molecule has 1 fully saturated rings. The molecule has 0 aromatic carbocycles. The zero-order valence-corrected chi connectivity index (χ0v) is 12.5. The summed E-state index contributed by atoms with van der Waals surface area (Å²) in [4.78, 5) is 3.60. The number of aromatic nitrogens is 1. The number of rotatable bonds is 3. The molecule has 2 rings (SSSR count). The van der Waals surface area contributed by atoms with Gasteiger partial charge in [-0.3, -0.25) is 0 Å². The maximum Gasteiger partial charge on any atom is 0.419 e. The Balaban J connectivity index is 2.21. The fourth-order valence-corrected chi connectivity index (χ4v) is 2.78. The van der Waals surface area contributed by atoms with Gasteiger partial charge in [0, 0.05) is 11.6 Å². The zero-order valence-electron chi connectivity index (χ0n) is 12.5. The van der Waals surface area contributed by atoms with Crippen molar-refractivity contribution < 1.29 is 17.9 Å². The van der Waals surface area contributed by atoms with Crippen molar-refractivity contribution in [1.29, 1.82) is 5.26 Å². The van der Waals surface area contributed by atoms with E-state index in [1.54, 1.807) is 0 Å². The minimum Gasteiger partial charge on any atom is -0.489 e. The molecule has 22 heavy (non-hydrogen) atoms. The van der Waals surface area contributed by atoms with Crippen LogP contribution in [0.4, 0.5) is 13.2 Å². The lowest BCUT2D eigenvalue weighted by Crippen LogP contribution is -2.34. The van der Waals surface area contributed by atoms with Gasteiger partial charge in [-0.05, 0) is 39.7 Å². The number of hydrogen-bond donors (Lipinski definition) is 1. The molecule has 0 unspecified atom stereocenters. The van der Waals surface area contributed by atoms with E-state index in [0.29, 0.717) is 6.04 Å². The summed E-state index contributed by atoms with van der Waals surface area (Å²) < 4.78 is 45.0. The van der Waals surface area contributed by atoms with Gasteiger partial charge in [0.1, 0.15) is 11.8 Å². The summed E-state index contributed by atoms with van der Waals surface area (Å²) in [6.45, 7) is 1.32. The number of nitrogens with zero attached hydrogens (tertiary/aromatic N) is 2. The van der Waals surface area contributed by atoms with Crippen molar-refractivity contribution in [2.75, 3.05) is 7.05 Å². The quantitative estimate of drug-likeness (QED) is 0.931. The van der Waals surface area contributed by atoms with E-state index >= 15 is 0 Å². The third kappa shape index (κ3) is 3.50. The van der Waals surface area contributed by atoms with E-state index in [0.717, 1.165) is 25.7 Å². The fraction of sp³-hybridized carbons (Fsp3) is 0.600. The van der Waals surface area contributed by atoms with Crippen LogP contribution in [0.3, 0.4) is 0 Å². The summed E-state index contributed by atoms with van der Waals surface area (Å²) in [5.74, 6) is 0.110. The third-order valence-corrected chi connectivity index (χ3v) is 4.06. The first-order chi connectivity index (χ1) is 10.4. The average molecular weight is 313 g/mol. The lowest BCUT2D eigenvalue weighted by Gasteiger charge is -2.29. The molecule has 0 atom stereocenters. The van der Waals surface area contributed by atoms with E-state index in [9.17, 15) is 13.2 Å². The molecule has 0 aliphatic heterocycles. The van der Waals surface area contributed by atoms with Crippen LogP contribution < -0.4 is 10.1 Å². The van der Waals surface area contributed by atoms with Gasteiger partial charge < -0.3 is 10.1 Å². The third-order valence-electron chi connectivity index (χ3n) is 4.06. The van der Waals surface area contributed by atoms with Crippen LogP contribution in [0.25, 0.3) is 0 Å². The first-order valence-electron chi connectivity index (χ1n) is 7.17. The molecule has 0 bridgehead atoms. The Bertz CT molecular complexity index is 573. The van der Waals surface area contributed by atoms with Crippen LogP contribution in [-0.4, -0.2) is 24.2 Å². The molecule has 1 heterocycles. The van der Waals surface area contributed by atoms with Gasteiger partial charge in [-0.1, -0.05) is 0 Å². The zero-order chi connectivity index (χ0) is 16.3. The first kappa shape index (κ1) is 16.6. The van der Waals surface area contributed by atoms with Crippen LogP contribution in [0.2, 0.25) is 0 Å². The molecular formula is C15H18F3N3O. The standard InChI is InChI=1S/C15H18F3N3O/c1-9-13(22-11-5-3-10(20-2)4-6-11)8-21-12(7-19)14(9)15(16,17)18/h8,10-11,20H,3-6H2,1-2H3. The molecule has 1 N–H and O–H groups in total. The monoisotopic (exact) mass is 313 g/mol. The minimum absolute atomic E-state index is 0.0743. The van der Waals surface area contributed by atoms with Crippen molar-refractivity contribution in [1.82, 2.24) is 10.3 Å². The maximum absolute atomic E-state index is 13.1. The molecule has 7 heteroatoms. The van der Waals surface area contributed by atoms with Gasteiger partial charge in [-0.25, -0.2) is 4.98 Å². The number of pyridine rings is 1. The van der Waals surface area contributed by atoms with Gasteiger partial charge in [0.2, 0.25) is 0 Å². The van der Waals surface area contributed by atoms with Gasteiger partial charge in [0.05, 0.1) is 17.9 Å². The summed E-state index contributed by atoms with van der Waals surface area (Å²) in [6, 6.07) is 1.93. The minimum atomic E-state index is -4.62. The highest BCUT2D eigenvalue weighted by molar-refractivity contribution is 5.46. The lowest BCUT2D eigenvalue weighted by molar-refractivity contribution is -0.138. The fourth-order valence-electron chi connectivity index (χ4n) is 2.78. The Kier molecular flexibility index (Phi) is 4.91. The average Bonchev–Trinajstić information content (AvgIpc) is 2.48. The van der Waals surface area contributed by atoms with Crippen molar-refractivity contribution in [3.63, 3.8) is 0 Å². The van der Waals surface area contributed by atoms with E-state index in [2.05, 4.69) is 10.3 Å². The molecule has 1 saturated carbocycles. The second kappa shape index (κ2) is 6.53. The Morgan fingerprint density at radius 3 is 2.45 bits per heavy atom. The number of nitriles is 1. The molecule has 1 aliphatic carbocycles. The molecule has 1 aliphatic rings. The van der Waals surface area contributed by atoms with Gasteiger partial charge in [-0.2, -0.15) is 18.4 Å². The van der Waals surface area contributed by atoms with Gasteiger partial charge in [0.25, 0.3) is 0 Å². The molecule has 4 nitrogen and oxygen atoms in total. The molecule has 120 valence electrons. The van der Waals surface area contributed by atoms with E-state index in [-0.39, 0.29) is 17.4 Å². The molecule has 0 radical (unpaired) electrons. The Morgan fingerprint density at radius 2 is 1.95 bits per heavy atom. The Labute approximate surface area is 127 Å². The van der Waals surface area contributed by atoms with Gasteiger partial charge in [-0.15, -0.1) is 0 Å². The molecule has 1 aromatic rings. The Hall–Kier alpha value is -1.81. The second-order valence-electron chi connectivity index (χ2n) is 5.46. The second-order valence-corrected chi connectivity index (χ2v) is 5.46. The van der Waals surface area contributed by atoms with Crippen molar-refractivity contribution in [3.8, 4) is 11.8 Å². The van der Waals surface area contributed by atoms with Gasteiger partial charge in [0.15, 0.2) is 5.69 Å². The highest BCUT2D eigenvalue weighted by Gasteiger charge is 2.38. The van der Waals surface area contributed by atoms with E-state index in [1.807, 2.05) is 7.05 Å². The number of halogens is 3. The number of alkyl halides is 3. The number of ether oxygens (including phenoxy) is 1. The van der Waals surface area contributed by atoms with E-state index < -0.39 is 17.4 Å². The van der Waals surface area contributed by atoms with Crippen molar-refractivity contribution >= 4 is 0 Å². The molecule has 0 spiro atoms. The van der Waals surface area contributed by atoms with Crippen LogP contribution in [0, 0.1) is 18.3 Å². The highest BCUT2D eigenvalue weighted by Crippen LogP contribution is 2.37. The van der Waals surface area contributed by atoms with Crippen molar-refractivity contribution in [2.45, 2.75) is 50.9 Å². The van der Waals surface area contributed by atoms with Crippen molar-refractivity contribution in [3.05, 3.63) is 23.0 Å². The molecule has 0 saturated heterocycles. The predicted octanol–water partition coefficient (Wildman–Crippen LogP) is 3.19. The first-order valence-corrected chi connectivity index (χ1v) is 7.17. The predicted molar refractivity (Wildman–Crippen MR) is 74.4 cm³/mol. The van der Waals surface area contributed by atoms with E-state index in [1.165, 1.54) is 19.2 Å². The van der Waals surface area contributed by atoms with Crippen LogP contribution in [-0.2, 0) is 6.18 Å². The molecule has 1 aromatic heterocycles. The molecular weight excluding hydrogens is 295 g/mol. The Morgan fingerprint density at radius 1 is 1.32 bits per heavy atom. The van der Waals surface area contributed by atoms with E-state index in [4.69, 9.17) is 10.00 Å². The maximum atomic E-state index is 13.1. The van der Waals surface area contributed by atoms with Crippen LogP contribution in [0.15, 0.2) is 6.20 Å². The largest absolute Gasteiger partial charge is 0.489 e. The summed E-state index contributed by atoms with van der Waals surface area (Å²) in [6.07, 6.45) is -0.0948. The number of nitrogens with one attached hydrogen (secondary N) is 1. The normalized spacial score (nSPS) is 22.2. The highest BCUT2D eigenvalue weighted by atomic mass is 19.4. The van der Waals surface area contributed by atoms with Gasteiger partial charge >= 0.3 is 6.18 Å². The number of hydrogen-bond acceptors (Lipinski definition) is 4. The van der Waals surface area contributed by atoms with Crippen molar-refractivity contribution in [2.24, 2.45) is 0 Å². The molecule has 0 amide bonds. The van der Waals surface area contributed by atoms with Crippen LogP contribution in [0.1, 0.15) is 42.5 Å². The summed E-state index contributed by atoms with van der Waals surface area (Å²) in [7, 11) is 1.90.